The minimum atomic E-state index is -2.24. The van der Waals surface area contributed by atoms with Gasteiger partial charge < -0.3 is 19.1 Å². The molecule has 0 aromatic heterocycles. The Morgan fingerprint density at radius 1 is 0.938 bits per heavy atom. The number of rotatable bonds is 5. The van der Waals surface area contributed by atoms with Crippen LogP contribution in [-0.4, -0.2) is 50.1 Å². The van der Waals surface area contributed by atoms with Crippen molar-refractivity contribution in [2.24, 2.45) is 0 Å². The highest BCUT2D eigenvalue weighted by Gasteiger charge is 2.69. The second kappa shape index (κ2) is 7.96. The Morgan fingerprint density at radius 3 is 2.19 bits per heavy atom. The quantitative estimate of drug-likeness (QED) is 0.401. The van der Waals surface area contributed by atoms with Crippen molar-refractivity contribution in [3.05, 3.63) is 76.9 Å². The van der Waals surface area contributed by atoms with Gasteiger partial charge in [0, 0.05) is 11.3 Å². The first-order valence-corrected chi connectivity index (χ1v) is 10.0. The fourth-order valence-electron chi connectivity index (χ4n) is 4.57. The second-order valence-electron chi connectivity index (χ2n) is 7.23. The zero-order valence-corrected chi connectivity index (χ0v) is 17.8. The Bertz CT molecular complexity index is 1150. The van der Waals surface area contributed by atoms with Crippen molar-refractivity contribution in [2.45, 2.75) is 18.5 Å². The maximum absolute atomic E-state index is 14.0. The number of fused-ring (bicyclic) bond motifs is 4. The molecule has 8 heteroatoms. The first kappa shape index (κ1) is 21.3. The molecule has 8 nitrogen and oxygen atoms in total. The van der Waals surface area contributed by atoms with E-state index in [2.05, 4.69) is 0 Å². The summed E-state index contributed by atoms with van der Waals surface area (Å²) >= 11 is 0. The van der Waals surface area contributed by atoms with E-state index in [0.717, 1.165) is 7.11 Å². The van der Waals surface area contributed by atoms with Crippen molar-refractivity contribution in [1.82, 2.24) is 0 Å². The van der Waals surface area contributed by atoms with Gasteiger partial charge in [-0.1, -0.05) is 42.5 Å². The van der Waals surface area contributed by atoms with Crippen LogP contribution in [0.1, 0.15) is 28.9 Å². The number of para-hydroxylation sites is 1. The number of methoxy groups -OCH3 is 2. The molecule has 2 heterocycles. The zero-order chi connectivity index (χ0) is 23.0. The summed E-state index contributed by atoms with van der Waals surface area (Å²) in [5.41, 5.74) is -1.62. The van der Waals surface area contributed by atoms with E-state index in [1.807, 2.05) is 0 Å². The third-order valence-electron chi connectivity index (χ3n) is 5.75. The van der Waals surface area contributed by atoms with Crippen molar-refractivity contribution in [3.63, 3.8) is 0 Å². The van der Waals surface area contributed by atoms with Crippen LogP contribution >= 0.6 is 0 Å². The zero-order valence-electron chi connectivity index (χ0n) is 17.8. The van der Waals surface area contributed by atoms with Crippen LogP contribution in [0.15, 0.2) is 65.7 Å². The maximum atomic E-state index is 14.0. The van der Waals surface area contributed by atoms with Gasteiger partial charge in [0.15, 0.2) is 0 Å². The van der Waals surface area contributed by atoms with Crippen molar-refractivity contribution >= 4 is 29.4 Å². The number of ether oxygens (including phenoxy) is 3. The van der Waals surface area contributed by atoms with Gasteiger partial charge in [-0.05, 0) is 24.6 Å². The van der Waals surface area contributed by atoms with Crippen LogP contribution in [-0.2, 0) is 28.6 Å². The number of hydrogen-bond acceptors (Lipinski definition) is 8. The second-order valence-corrected chi connectivity index (χ2v) is 7.23. The smallest absolute Gasteiger partial charge is 0.345 e. The number of esters is 3. The summed E-state index contributed by atoms with van der Waals surface area (Å²) in [6, 6.07) is 14.3. The Hall–Kier alpha value is -3.94. The minimum absolute atomic E-state index is 0.0369. The molecule has 0 N–H and O–H groups in total. The van der Waals surface area contributed by atoms with Crippen LogP contribution in [0, 0.1) is 0 Å². The fourth-order valence-corrected chi connectivity index (χ4v) is 4.57. The first-order valence-electron chi connectivity index (χ1n) is 10.0. The molecule has 2 atom stereocenters. The van der Waals surface area contributed by atoms with Crippen molar-refractivity contribution < 1.29 is 33.4 Å². The summed E-state index contributed by atoms with van der Waals surface area (Å²) < 4.78 is 15.3. The van der Waals surface area contributed by atoms with Crippen molar-refractivity contribution in [2.75, 3.05) is 25.7 Å². The van der Waals surface area contributed by atoms with Gasteiger partial charge in [-0.2, -0.15) is 0 Å². The predicted octanol–water partition coefficient (Wildman–Crippen LogP) is 2.39. The van der Waals surface area contributed by atoms with E-state index in [4.69, 9.17) is 14.2 Å². The normalized spacial score (nSPS) is 21.2. The van der Waals surface area contributed by atoms with Crippen LogP contribution < -0.4 is 4.90 Å². The molecule has 0 unspecified atom stereocenters. The first-order chi connectivity index (χ1) is 15.4. The molecule has 0 spiro atoms. The van der Waals surface area contributed by atoms with Gasteiger partial charge in [0.05, 0.1) is 38.0 Å². The van der Waals surface area contributed by atoms with E-state index in [1.165, 1.54) is 12.0 Å². The van der Waals surface area contributed by atoms with Crippen LogP contribution in [0.5, 0.6) is 0 Å². The molecule has 2 bridgehead atoms. The lowest BCUT2D eigenvalue weighted by Gasteiger charge is -2.44. The number of anilines is 1. The molecular formula is C24H21NO7. The van der Waals surface area contributed by atoms with E-state index in [0.29, 0.717) is 11.3 Å². The summed E-state index contributed by atoms with van der Waals surface area (Å²) in [6.45, 7) is 1.56. The lowest BCUT2D eigenvalue weighted by atomic mass is 9.78. The Balaban J connectivity index is 2.19. The van der Waals surface area contributed by atoms with Crippen LogP contribution in [0.3, 0.4) is 0 Å². The fraction of sp³-hybridized carbons (Fsp3) is 0.250. The van der Waals surface area contributed by atoms with Crippen molar-refractivity contribution in [1.29, 1.82) is 0 Å². The minimum Gasteiger partial charge on any atom is -0.466 e. The van der Waals surface area contributed by atoms with Crippen LogP contribution in [0.4, 0.5) is 5.69 Å². The summed E-state index contributed by atoms with van der Waals surface area (Å²) in [5, 5.41) is 0. The number of carbonyl (C=O) groups is 4. The van der Waals surface area contributed by atoms with Crippen molar-refractivity contribution in [3.8, 4) is 0 Å². The van der Waals surface area contributed by atoms with Gasteiger partial charge in [0.2, 0.25) is 11.3 Å². The molecule has 2 aliphatic heterocycles. The Labute approximate surface area is 184 Å². The number of nitrogens with zero attached hydrogens (tertiary/aromatic N) is 1. The SMILES string of the molecule is CCOC(=O)[C@]12C(=O)c3ccccc3[C@H](C(C(=O)OC)=C1C(=O)OC)N2c1ccccc1. The molecule has 164 valence electrons. The summed E-state index contributed by atoms with van der Waals surface area (Å²) in [6.07, 6.45) is 0. The van der Waals surface area contributed by atoms with E-state index >= 15 is 0 Å². The molecule has 0 radical (unpaired) electrons. The number of benzene rings is 2. The Morgan fingerprint density at radius 2 is 1.56 bits per heavy atom. The monoisotopic (exact) mass is 435 g/mol. The molecule has 32 heavy (non-hydrogen) atoms. The van der Waals surface area contributed by atoms with Crippen LogP contribution in [0.25, 0.3) is 0 Å². The average Bonchev–Trinajstić information content (AvgIpc) is 3.11. The molecule has 0 fully saturated rings. The van der Waals surface area contributed by atoms with Gasteiger partial charge in [-0.3, -0.25) is 4.79 Å². The highest BCUT2D eigenvalue weighted by molar-refractivity contribution is 6.31. The molecule has 0 saturated carbocycles. The number of Topliss-reactive ketones (excluding diaryl/α,β-unsaturated/α-hetero) is 1. The highest BCUT2D eigenvalue weighted by Crippen LogP contribution is 2.56. The topological polar surface area (TPSA) is 99.2 Å². The summed E-state index contributed by atoms with van der Waals surface area (Å²) in [4.78, 5) is 55.2. The van der Waals surface area contributed by atoms with E-state index in [9.17, 15) is 19.2 Å². The highest BCUT2D eigenvalue weighted by atomic mass is 16.5. The lowest BCUT2D eigenvalue weighted by Crippen LogP contribution is -2.63. The van der Waals surface area contributed by atoms with Gasteiger partial charge in [0.1, 0.15) is 0 Å². The average molecular weight is 435 g/mol. The largest absolute Gasteiger partial charge is 0.466 e. The standard InChI is InChI=1S/C24H21NO7/c1-4-32-23(29)24-18(22(28)31-3)17(21(27)30-2)19(25(24)14-10-6-5-7-11-14)15-12-8-9-13-16(15)20(24)26/h5-13,19H,4H2,1-3H3/t19-,24-/m1/s1. The Kier molecular flexibility index (Phi) is 5.30. The van der Waals surface area contributed by atoms with E-state index in [-0.39, 0.29) is 23.3 Å². The molecule has 0 aliphatic carbocycles. The molecule has 0 amide bonds. The predicted molar refractivity (Wildman–Crippen MR) is 113 cm³/mol. The van der Waals surface area contributed by atoms with E-state index < -0.39 is 35.3 Å². The summed E-state index contributed by atoms with van der Waals surface area (Å²) in [7, 11) is 2.29. The molecule has 2 aliphatic rings. The van der Waals surface area contributed by atoms with Gasteiger partial charge in [-0.15, -0.1) is 0 Å². The lowest BCUT2D eigenvalue weighted by molar-refractivity contribution is -0.149. The maximum Gasteiger partial charge on any atom is 0.345 e. The summed E-state index contributed by atoms with van der Waals surface area (Å²) in [5.74, 6) is -3.46. The number of hydrogen-bond donors (Lipinski definition) is 0. The molecule has 4 rings (SSSR count). The van der Waals surface area contributed by atoms with Gasteiger partial charge in [0.25, 0.3) is 0 Å². The molecular weight excluding hydrogens is 414 g/mol. The van der Waals surface area contributed by atoms with Gasteiger partial charge >= 0.3 is 17.9 Å². The third-order valence-corrected chi connectivity index (χ3v) is 5.75. The van der Waals surface area contributed by atoms with E-state index in [1.54, 1.807) is 61.5 Å². The molecule has 0 saturated heterocycles. The molecule has 2 aromatic rings. The third kappa shape index (κ3) is 2.69. The molecule has 2 aromatic carbocycles. The number of carbonyl (C=O) groups excluding carboxylic acids is 4. The van der Waals surface area contributed by atoms with Crippen LogP contribution in [0.2, 0.25) is 0 Å². The number of ketones is 1. The van der Waals surface area contributed by atoms with Gasteiger partial charge in [-0.25, -0.2) is 14.4 Å².